The van der Waals surface area contributed by atoms with Gasteiger partial charge in [0.1, 0.15) is 22.8 Å². The van der Waals surface area contributed by atoms with E-state index in [9.17, 15) is 4.79 Å². The van der Waals surface area contributed by atoms with Gasteiger partial charge in [0.25, 0.3) is 5.56 Å². The van der Waals surface area contributed by atoms with Gasteiger partial charge >= 0.3 is 0 Å². The van der Waals surface area contributed by atoms with Crippen molar-refractivity contribution in [2.24, 2.45) is 5.41 Å². The Hall–Kier alpha value is -2.95. The fraction of sp³-hybridized carbons (Fsp3) is 0.400. The molecule has 11 heteroatoms. The molecule has 0 radical (unpaired) electrons. The first-order valence-corrected chi connectivity index (χ1v) is 13.1. The minimum atomic E-state index is -0.234. The minimum absolute atomic E-state index is 0.234. The van der Waals surface area contributed by atoms with E-state index in [1.165, 1.54) is 28.9 Å². The quantitative estimate of drug-likeness (QED) is 0.375. The van der Waals surface area contributed by atoms with Crippen molar-refractivity contribution in [2.45, 2.75) is 48.8 Å². The Labute approximate surface area is 216 Å². The maximum atomic E-state index is 13.1. The lowest BCUT2D eigenvalue weighted by Crippen LogP contribution is -2.41. The summed E-state index contributed by atoms with van der Waals surface area (Å²) in [4.78, 5) is 29.8. The molecule has 0 amide bonds. The molecule has 0 unspecified atom stereocenters. The van der Waals surface area contributed by atoms with Crippen LogP contribution in [0, 0.1) is 5.41 Å². The van der Waals surface area contributed by atoms with Crippen LogP contribution in [0.5, 0.6) is 0 Å². The summed E-state index contributed by atoms with van der Waals surface area (Å²) in [7, 11) is 0. The summed E-state index contributed by atoms with van der Waals surface area (Å²) in [5.41, 5.74) is 1.26. The van der Waals surface area contributed by atoms with Crippen LogP contribution in [0.1, 0.15) is 31.9 Å². The summed E-state index contributed by atoms with van der Waals surface area (Å²) >= 11 is 8.07. The van der Waals surface area contributed by atoms with Gasteiger partial charge in [-0.3, -0.25) is 9.36 Å². The van der Waals surface area contributed by atoms with Crippen LogP contribution in [0.3, 0.4) is 0 Å². The van der Waals surface area contributed by atoms with Crippen LogP contribution in [0.25, 0.3) is 10.9 Å². The van der Waals surface area contributed by atoms with E-state index in [1.807, 2.05) is 12.3 Å². The molecule has 0 bridgehead atoms. The number of ether oxygens (including phenoxy) is 1. The van der Waals surface area contributed by atoms with Gasteiger partial charge in [-0.25, -0.2) is 15.0 Å². The van der Waals surface area contributed by atoms with Crippen molar-refractivity contribution >= 4 is 40.1 Å². The summed E-state index contributed by atoms with van der Waals surface area (Å²) in [6, 6.07) is 5.36. The lowest BCUT2D eigenvalue weighted by molar-refractivity contribution is 0.0976. The van der Waals surface area contributed by atoms with Crippen LogP contribution in [-0.2, 0) is 11.3 Å². The van der Waals surface area contributed by atoms with Crippen LogP contribution in [0.15, 0.2) is 62.4 Å². The number of rotatable bonds is 5. The highest BCUT2D eigenvalue weighted by atomic mass is 35.5. The maximum Gasteiger partial charge on any atom is 0.263 e. The molecule has 186 valence electrons. The third kappa shape index (κ3) is 4.49. The molecular formula is C25H25ClN6O3S. The highest BCUT2D eigenvalue weighted by Crippen LogP contribution is 2.42. The normalized spacial score (nSPS) is 19.4. The van der Waals surface area contributed by atoms with E-state index in [4.69, 9.17) is 20.9 Å². The summed E-state index contributed by atoms with van der Waals surface area (Å²) in [5.74, 6) is 0.880. The largest absolute Gasteiger partial charge is 0.378 e. The van der Waals surface area contributed by atoms with Gasteiger partial charge < -0.3 is 14.2 Å². The molecule has 4 aromatic rings. The first-order valence-electron chi connectivity index (χ1n) is 11.9. The Kier molecular flexibility index (Phi) is 6.18. The molecule has 36 heavy (non-hydrogen) atoms. The number of benzene rings is 1. The first kappa shape index (κ1) is 23.4. The Morgan fingerprint density at radius 2 is 2.03 bits per heavy atom. The zero-order chi connectivity index (χ0) is 24.7. The van der Waals surface area contributed by atoms with Crippen molar-refractivity contribution < 1.29 is 9.26 Å². The second-order valence-electron chi connectivity index (χ2n) is 9.57. The van der Waals surface area contributed by atoms with E-state index >= 15 is 0 Å². The van der Waals surface area contributed by atoms with Gasteiger partial charge in [0.05, 0.1) is 53.9 Å². The van der Waals surface area contributed by atoms with Crippen LogP contribution in [0.2, 0.25) is 5.02 Å². The van der Waals surface area contributed by atoms with Crippen LogP contribution >= 0.6 is 23.4 Å². The molecule has 9 nitrogen and oxygen atoms in total. The second-order valence-corrected chi connectivity index (χ2v) is 11.0. The van der Waals surface area contributed by atoms with Gasteiger partial charge in [-0.1, -0.05) is 28.5 Å². The lowest BCUT2D eigenvalue weighted by Gasteiger charge is -2.38. The summed E-state index contributed by atoms with van der Waals surface area (Å²) in [6.45, 7) is 5.21. The average Bonchev–Trinajstić information content (AvgIpc) is 3.53. The molecule has 1 spiro atoms. The van der Waals surface area contributed by atoms with E-state index in [0.29, 0.717) is 38.2 Å². The van der Waals surface area contributed by atoms with Gasteiger partial charge in [0, 0.05) is 24.1 Å². The first-order chi connectivity index (χ1) is 17.5. The highest BCUT2D eigenvalue weighted by molar-refractivity contribution is 7.99. The molecule has 1 aromatic carbocycles. The fourth-order valence-electron chi connectivity index (χ4n) is 5.11. The smallest absolute Gasteiger partial charge is 0.263 e. The van der Waals surface area contributed by atoms with Gasteiger partial charge in [-0.05, 0) is 43.7 Å². The third-order valence-electron chi connectivity index (χ3n) is 7.09. The second kappa shape index (κ2) is 9.49. The summed E-state index contributed by atoms with van der Waals surface area (Å²) < 4.78 is 12.2. The third-order valence-corrected chi connectivity index (χ3v) is 8.58. The zero-order valence-corrected chi connectivity index (χ0v) is 21.3. The summed E-state index contributed by atoms with van der Waals surface area (Å²) in [5, 5.41) is 5.29. The lowest BCUT2D eigenvalue weighted by atomic mass is 9.77. The van der Waals surface area contributed by atoms with Crippen molar-refractivity contribution in [1.82, 2.24) is 24.7 Å². The van der Waals surface area contributed by atoms with Crippen LogP contribution in [0.4, 0.5) is 5.82 Å². The van der Waals surface area contributed by atoms with E-state index in [2.05, 4.69) is 31.9 Å². The van der Waals surface area contributed by atoms with Crippen molar-refractivity contribution in [3.05, 3.63) is 64.3 Å². The highest BCUT2D eigenvalue weighted by Gasteiger charge is 2.41. The van der Waals surface area contributed by atoms with Gasteiger partial charge in [-0.15, -0.1) is 0 Å². The summed E-state index contributed by atoms with van der Waals surface area (Å²) in [6.07, 6.45) is 10.3. The number of fused-ring (bicyclic) bond motifs is 1. The molecule has 5 heterocycles. The van der Waals surface area contributed by atoms with Gasteiger partial charge in [-0.2, -0.15) is 0 Å². The molecular weight excluding hydrogens is 500 g/mol. The number of anilines is 1. The number of aromatic nitrogens is 5. The van der Waals surface area contributed by atoms with E-state index in [0.717, 1.165) is 49.7 Å². The number of piperidine rings is 1. The van der Waals surface area contributed by atoms with E-state index in [1.54, 1.807) is 18.3 Å². The Morgan fingerprint density at radius 3 is 2.72 bits per heavy atom. The van der Waals surface area contributed by atoms with Gasteiger partial charge in [0.15, 0.2) is 0 Å². The van der Waals surface area contributed by atoms with Crippen molar-refractivity contribution in [2.75, 3.05) is 24.6 Å². The number of hydrogen-bond donors (Lipinski definition) is 0. The molecule has 0 aliphatic carbocycles. The van der Waals surface area contributed by atoms with E-state index in [-0.39, 0.29) is 12.1 Å². The van der Waals surface area contributed by atoms with Gasteiger partial charge in [0.2, 0.25) is 0 Å². The SMILES string of the molecule is C[C@H]1CC2(CCN(c3cnc(Sc4ccc5ncn(Cc6ccon6)c(=O)c5c4Cl)cn3)CC2)CO1. The topological polar surface area (TPSA) is 99.2 Å². The standard InChI is InChI=1S/C25H25ClN6O3S/c1-16-10-25(14-34-16)5-7-31(8-6-25)20-11-28-21(12-27-20)36-19-3-2-18-22(23(19)26)24(33)32(15-29-18)13-17-4-9-35-30-17/h2-4,9,11-12,15-16H,5-8,10,13-14H2,1H3/t16-/m0/s1. The fourth-order valence-corrected chi connectivity index (χ4v) is 6.23. The predicted molar refractivity (Wildman–Crippen MR) is 137 cm³/mol. The Morgan fingerprint density at radius 1 is 1.17 bits per heavy atom. The van der Waals surface area contributed by atoms with Crippen molar-refractivity contribution in [3.63, 3.8) is 0 Å². The number of nitrogens with zero attached hydrogens (tertiary/aromatic N) is 6. The molecule has 0 saturated carbocycles. The average molecular weight is 525 g/mol. The molecule has 2 aliphatic heterocycles. The van der Waals surface area contributed by atoms with Crippen molar-refractivity contribution in [3.8, 4) is 0 Å². The molecule has 0 N–H and O–H groups in total. The monoisotopic (exact) mass is 524 g/mol. The number of halogens is 1. The zero-order valence-electron chi connectivity index (χ0n) is 19.8. The van der Waals surface area contributed by atoms with Crippen LogP contribution in [-0.4, -0.2) is 50.5 Å². The Balaban J connectivity index is 1.18. The molecule has 6 rings (SSSR count). The molecule has 1 atom stereocenters. The minimum Gasteiger partial charge on any atom is -0.378 e. The maximum absolute atomic E-state index is 13.1. The molecule has 2 aliphatic rings. The molecule has 2 fully saturated rings. The predicted octanol–water partition coefficient (Wildman–Crippen LogP) is 4.42. The molecule has 3 aromatic heterocycles. The molecule has 2 saturated heterocycles. The van der Waals surface area contributed by atoms with Crippen LogP contribution < -0.4 is 10.5 Å². The Bertz CT molecular complexity index is 1430. The van der Waals surface area contributed by atoms with E-state index < -0.39 is 0 Å². The number of hydrogen-bond acceptors (Lipinski definition) is 9. The van der Waals surface area contributed by atoms with Crippen molar-refractivity contribution in [1.29, 1.82) is 0 Å².